The lowest BCUT2D eigenvalue weighted by molar-refractivity contribution is 0.0946. The van der Waals surface area contributed by atoms with Gasteiger partial charge in [-0.25, -0.2) is 9.97 Å². The number of carbonyl (C=O) groups is 2. The molecule has 1 aromatic carbocycles. The lowest BCUT2D eigenvalue weighted by Gasteiger charge is -2.26. The summed E-state index contributed by atoms with van der Waals surface area (Å²) in [5.74, 6) is 0.375. The van der Waals surface area contributed by atoms with Crippen molar-refractivity contribution in [1.29, 1.82) is 0 Å². The van der Waals surface area contributed by atoms with Crippen LogP contribution in [0.15, 0.2) is 60.8 Å². The number of pyridine rings is 2. The SMILES string of the molecule is O=C(Nc1ccc(-c2ccc(C(=O)NCCN3CCCCC3)c(NC3CC3)n2)cc1)c1cc2cccnc2s1. The van der Waals surface area contributed by atoms with E-state index in [2.05, 4.69) is 25.8 Å². The van der Waals surface area contributed by atoms with Gasteiger partial charge in [-0.05, 0) is 75.2 Å². The third-order valence-electron chi connectivity index (χ3n) is 7.18. The molecule has 6 rings (SSSR count). The Kier molecular flexibility index (Phi) is 7.51. The number of thiophene rings is 1. The van der Waals surface area contributed by atoms with Gasteiger partial charge in [-0.15, -0.1) is 11.3 Å². The second-order valence-electron chi connectivity index (χ2n) is 10.2. The fraction of sp³-hybridized carbons (Fsp3) is 0.333. The highest BCUT2D eigenvalue weighted by Gasteiger charge is 2.24. The van der Waals surface area contributed by atoms with Gasteiger partial charge in [0.25, 0.3) is 11.8 Å². The first-order valence-corrected chi connectivity index (χ1v) is 14.5. The Balaban J connectivity index is 1.12. The molecule has 9 heteroatoms. The van der Waals surface area contributed by atoms with Gasteiger partial charge in [0.1, 0.15) is 10.6 Å². The Morgan fingerprint density at radius 3 is 2.56 bits per heavy atom. The van der Waals surface area contributed by atoms with Crippen LogP contribution in [0.4, 0.5) is 11.5 Å². The highest BCUT2D eigenvalue weighted by molar-refractivity contribution is 7.20. The zero-order valence-corrected chi connectivity index (χ0v) is 22.6. The third-order valence-corrected chi connectivity index (χ3v) is 8.23. The van der Waals surface area contributed by atoms with Crippen molar-refractivity contribution in [3.8, 4) is 11.3 Å². The second kappa shape index (κ2) is 11.5. The van der Waals surface area contributed by atoms with Crippen LogP contribution < -0.4 is 16.0 Å². The molecule has 4 aromatic rings. The predicted molar refractivity (Wildman–Crippen MR) is 157 cm³/mol. The molecule has 4 heterocycles. The molecule has 3 aromatic heterocycles. The Morgan fingerprint density at radius 1 is 0.974 bits per heavy atom. The van der Waals surface area contributed by atoms with Crippen LogP contribution in [-0.2, 0) is 0 Å². The fourth-order valence-electron chi connectivity index (χ4n) is 4.84. The molecule has 2 amide bonds. The molecule has 8 nitrogen and oxygen atoms in total. The number of fused-ring (bicyclic) bond motifs is 1. The quantitative estimate of drug-likeness (QED) is 0.263. The molecule has 39 heavy (non-hydrogen) atoms. The van der Waals surface area contributed by atoms with Crippen LogP contribution in [0, 0.1) is 0 Å². The normalized spacial score (nSPS) is 15.7. The topological polar surface area (TPSA) is 99.2 Å². The lowest BCUT2D eigenvalue weighted by atomic mass is 10.1. The summed E-state index contributed by atoms with van der Waals surface area (Å²) >= 11 is 1.38. The molecule has 2 aliphatic rings. The van der Waals surface area contributed by atoms with Gasteiger partial charge in [0.05, 0.1) is 16.1 Å². The Bertz CT molecular complexity index is 1440. The molecule has 0 bridgehead atoms. The lowest BCUT2D eigenvalue weighted by Crippen LogP contribution is -2.37. The number of nitrogens with one attached hydrogen (secondary N) is 3. The summed E-state index contributed by atoms with van der Waals surface area (Å²) in [5, 5.41) is 10.4. The smallest absolute Gasteiger partial charge is 0.265 e. The molecule has 1 saturated heterocycles. The number of likely N-dealkylation sites (tertiary alicyclic amines) is 1. The largest absolute Gasteiger partial charge is 0.367 e. The third kappa shape index (κ3) is 6.26. The standard InChI is InChI=1S/C30H32N6O2S/c37-28(31-15-18-36-16-2-1-3-17-36)24-12-13-25(35-27(24)33-22-10-11-22)20-6-8-23(9-7-20)34-29(38)26-19-21-5-4-14-32-30(21)39-26/h4-9,12-14,19,22H,1-3,10-11,15-18H2,(H,31,37)(H,33,35)(H,34,38). The van der Waals surface area contributed by atoms with Gasteiger partial charge in [0.2, 0.25) is 0 Å². The molecule has 2 fully saturated rings. The van der Waals surface area contributed by atoms with Crippen molar-refractivity contribution in [2.45, 2.75) is 38.1 Å². The Labute approximate surface area is 231 Å². The first kappa shape index (κ1) is 25.5. The first-order valence-electron chi connectivity index (χ1n) is 13.7. The molecule has 0 spiro atoms. The molecule has 3 N–H and O–H groups in total. The van der Waals surface area contributed by atoms with Crippen LogP contribution in [0.1, 0.15) is 52.1 Å². The number of benzene rings is 1. The number of hydrogen-bond acceptors (Lipinski definition) is 7. The Morgan fingerprint density at radius 2 is 1.79 bits per heavy atom. The minimum atomic E-state index is -0.157. The summed E-state index contributed by atoms with van der Waals surface area (Å²) in [4.78, 5) is 38.8. The maximum Gasteiger partial charge on any atom is 0.265 e. The van der Waals surface area contributed by atoms with Crippen LogP contribution in [0.25, 0.3) is 21.5 Å². The summed E-state index contributed by atoms with van der Waals surface area (Å²) in [6.45, 7) is 3.75. The average Bonchev–Trinajstić information content (AvgIpc) is 3.67. The van der Waals surface area contributed by atoms with E-state index in [0.717, 1.165) is 53.9 Å². The van der Waals surface area contributed by atoms with Crippen LogP contribution >= 0.6 is 11.3 Å². The van der Waals surface area contributed by atoms with E-state index in [-0.39, 0.29) is 11.8 Å². The van der Waals surface area contributed by atoms with Crippen molar-refractivity contribution in [2.75, 3.05) is 36.8 Å². The number of aromatic nitrogens is 2. The van der Waals surface area contributed by atoms with Gasteiger partial charge in [-0.3, -0.25) is 9.59 Å². The minimum absolute atomic E-state index is 0.0938. The van der Waals surface area contributed by atoms with E-state index < -0.39 is 0 Å². The molecule has 0 radical (unpaired) electrons. The van der Waals surface area contributed by atoms with Crippen molar-refractivity contribution in [1.82, 2.24) is 20.2 Å². The van der Waals surface area contributed by atoms with E-state index >= 15 is 0 Å². The number of piperidine rings is 1. The maximum atomic E-state index is 13.0. The fourth-order valence-corrected chi connectivity index (χ4v) is 5.74. The van der Waals surface area contributed by atoms with Crippen LogP contribution in [0.2, 0.25) is 0 Å². The first-order chi connectivity index (χ1) is 19.1. The molecule has 1 aliphatic carbocycles. The van der Waals surface area contributed by atoms with Crippen LogP contribution in [0.3, 0.4) is 0 Å². The highest BCUT2D eigenvalue weighted by atomic mass is 32.1. The Hall–Kier alpha value is -3.82. The summed E-state index contributed by atoms with van der Waals surface area (Å²) in [7, 11) is 0. The number of anilines is 2. The van der Waals surface area contributed by atoms with E-state index in [0.29, 0.717) is 34.5 Å². The monoisotopic (exact) mass is 540 g/mol. The number of nitrogens with zero attached hydrogens (tertiary/aromatic N) is 3. The van der Waals surface area contributed by atoms with Gasteiger partial charge in [0, 0.05) is 42.0 Å². The van der Waals surface area contributed by atoms with Crippen molar-refractivity contribution in [2.24, 2.45) is 0 Å². The van der Waals surface area contributed by atoms with E-state index in [1.54, 1.807) is 6.20 Å². The van der Waals surface area contributed by atoms with Crippen molar-refractivity contribution in [3.05, 3.63) is 71.2 Å². The maximum absolute atomic E-state index is 13.0. The van der Waals surface area contributed by atoms with E-state index in [1.807, 2.05) is 54.6 Å². The number of rotatable bonds is 9. The van der Waals surface area contributed by atoms with Gasteiger partial charge in [-0.1, -0.05) is 24.6 Å². The van der Waals surface area contributed by atoms with Gasteiger partial charge >= 0.3 is 0 Å². The van der Waals surface area contributed by atoms with E-state index in [1.165, 1.54) is 30.6 Å². The summed E-state index contributed by atoms with van der Waals surface area (Å²) < 4.78 is 0. The molecule has 0 atom stereocenters. The van der Waals surface area contributed by atoms with E-state index in [9.17, 15) is 9.59 Å². The van der Waals surface area contributed by atoms with Crippen molar-refractivity contribution < 1.29 is 9.59 Å². The molecule has 1 aliphatic heterocycles. The van der Waals surface area contributed by atoms with Gasteiger partial charge < -0.3 is 20.9 Å². The number of amides is 2. The molecule has 1 saturated carbocycles. The minimum Gasteiger partial charge on any atom is -0.367 e. The second-order valence-corrected chi connectivity index (χ2v) is 11.2. The van der Waals surface area contributed by atoms with Crippen LogP contribution in [-0.4, -0.2) is 58.9 Å². The van der Waals surface area contributed by atoms with Gasteiger partial charge in [-0.2, -0.15) is 0 Å². The molecule has 0 unspecified atom stereocenters. The van der Waals surface area contributed by atoms with Crippen molar-refractivity contribution >= 4 is 44.9 Å². The number of carbonyl (C=O) groups excluding carboxylic acids is 2. The zero-order valence-electron chi connectivity index (χ0n) is 21.8. The average molecular weight is 541 g/mol. The van der Waals surface area contributed by atoms with Gasteiger partial charge in [0.15, 0.2) is 0 Å². The van der Waals surface area contributed by atoms with E-state index in [4.69, 9.17) is 4.98 Å². The number of hydrogen-bond donors (Lipinski definition) is 3. The van der Waals surface area contributed by atoms with Crippen LogP contribution in [0.5, 0.6) is 0 Å². The molecular weight excluding hydrogens is 508 g/mol. The highest BCUT2D eigenvalue weighted by Crippen LogP contribution is 2.29. The predicted octanol–water partition coefficient (Wildman–Crippen LogP) is 5.40. The zero-order chi connectivity index (χ0) is 26.6. The summed E-state index contributed by atoms with van der Waals surface area (Å²) in [5.41, 5.74) is 2.97. The van der Waals surface area contributed by atoms with Crippen molar-refractivity contribution in [3.63, 3.8) is 0 Å². The summed E-state index contributed by atoms with van der Waals surface area (Å²) in [6, 6.07) is 17.4. The summed E-state index contributed by atoms with van der Waals surface area (Å²) in [6.07, 6.45) is 7.70. The molecule has 200 valence electrons. The molecular formula is C30H32N6O2S.